The fourth-order valence-electron chi connectivity index (χ4n) is 1.84. The van der Waals surface area contributed by atoms with Crippen LogP contribution < -0.4 is 5.32 Å². The van der Waals surface area contributed by atoms with Gasteiger partial charge in [0.05, 0.1) is 24.1 Å². The van der Waals surface area contributed by atoms with E-state index in [-0.39, 0.29) is 0 Å². The van der Waals surface area contributed by atoms with E-state index >= 15 is 0 Å². The van der Waals surface area contributed by atoms with Crippen LogP contribution in [-0.4, -0.2) is 9.97 Å². The zero-order valence-corrected chi connectivity index (χ0v) is 10.4. The highest BCUT2D eigenvalue weighted by Crippen LogP contribution is 2.13. The Morgan fingerprint density at radius 1 is 1.17 bits per heavy atom. The van der Waals surface area contributed by atoms with Crippen molar-refractivity contribution in [2.45, 2.75) is 13.1 Å². The number of benzene rings is 1. The van der Waals surface area contributed by atoms with Crippen LogP contribution in [0, 0.1) is 0 Å². The molecule has 0 unspecified atom stereocenters. The summed E-state index contributed by atoms with van der Waals surface area (Å²) < 4.78 is 5.25. The van der Waals surface area contributed by atoms with Crippen LogP contribution in [-0.2, 0) is 13.1 Å². The van der Waals surface area contributed by atoms with Crippen LogP contribution in [0.15, 0.2) is 40.8 Å². The average Bonchev–Trinajstić information content (AvgIpc) is 2.95. The average molecular weight is 262 g/mol. The normalized spacial score (nSPS) is 11.2. The highest BCUT2D eigenvalue weighted by molar-refractivity contribution is 6.28. The number of hydrogen-bond donors (Lipinski definition) is 2. The van der Waals surface area contributed by atoms with E-state index in [2.05, 4.69) is 15.3 Å². The van der Waals surface area contributed by atoms with Gasteiger partial charge in [-0.3, -0.25) is 0 Å². The molecule has 2 heterocycles. The number of para-hydroxylation sites is 2. The summed E-state index contributed by atoms with van der Waals surface area (Å²) in [7, 11) is 0. The van der Waals surface area contributed by atoms with Crippen molar-refractivity contribution in [1.82, 2.24) is 15.3 Å². The van der Waals surface area contributed by atoms with Gasteiger partial charge in [-0.1, -0.05) is 12.1 Å². The van der Waals surface area contributed by atoms with Crippen molar-refractivity contribution in [2.75, 3.05) is 0 Å². The second kappa shape index (κ2) is 4.84. The van der Waals surface area contributed by atoms with Crippen LogP contribution in [0.25, 0.3) is 11.0 Å². The van der Waals surface area contributed by atoms with E-state index in [0.29, 0.717) is 18.3 Å². The molecule has 0 aliphatic carbocycles. The molecule has 0 radical (unpaired) electrons. The van der Waals surface area contributed by atoms with Crippen molar-refractivity contribution in [3.05, 3.63) is 53.2 Å². The number of furan rings is 1. The highest BCUT2D eigenvalue weighted by atomic mass is 35.5. The fraction of sp³-hybridized carbons (Fsp3) is 0.154. The Morgan fingerprint density at radius 3 is 2.83 bits per heavy atom. The number of rotatable bonds is 4. The van der Waals surface area contributed by atoms with Gasteiger partial charge in [0.15, 0.2) is 5.22 Å². The Labute approximate surface area is 109 Å². The number of fused-ring (bicyclic) bond motifs is 1. The molecule has 2 aromatic heterocycles. The summed E-state index contributed by atoms with van der Waals surface area (Å²) >= 11 is 5.70. The minimum atomic E-state index is 0.413. The summed E-state index contributed by atoms with van der Waals surface area (Å²) in [5.41, 5.74) is 2.03. The number of imidazole rings is 1. The van der Waals surface area contributed by atoms with Crippen LogP contribution >= 0.6 is 11.6 Å². The number of aromatic amines is 1. The summed E-state index contributed by atoms with van der Waals surface area (Å²) in [5.74, 6) is 1.73. The molecular weight excluding hydrogens is 250 g/mol. The molecule has 0 aliphatic rings. The summed E-state index contributed by atoms with van der Waals surface area (Å²) in [4.78, 5) is 7.73. The minimum absolute atomic E-state index is 0.413. The molecule has 2 N–H and O–H groups in total. The Bertz CT molecular complexity index is 626. The summed E-state index contributed by atoms with van der Waals surface area (Å²) in [6.45, 7) is 1.29. The molecule has 4 nitrogen and oxygen atoms in total. The molecule has 3 rings (SSSR count). The van der Waals surface area contributed by atoms with Gasteiger partial charge >= 0.3 is 0 Å². The topological polar surface area (TPSA) is 53.9 Å². The van der Waals surface area contributed by atoms with E-state index in [1.165, 1.54) is 0 Å². The van der Waals surface area contributed by atoms with E-state index in [4.69, 9.17) is 16.0 Å². The quantitative estimate of drug-likeness (QED) is 0.759. The van der Waals surface area contributed by atoms with Crippen LogP contribution in [0.5, 0.6) is 0 Å². The molecule has 92 valence electrons. The summed E-state index contributed by atoms with van der Waals surface area (Å²) in [6, 6.07) is 11.6. The van der Waals surface area contributed by atoms with Crippen LogP contribution in [0.3, 0.4) is 0 Å². The molecule has 18 heavy (non-hydrogen) atoms. The SMILES string of the molecule is Clc1ccc(CNCc2nc3ccccc3[nH]2)o1. The first-order chi connectivity index (χ1) is 8.81. The van der Waals surface area contributed by atoms with Crippen LogP contribution in [0.2, 0.25) is 5.22 Å². The van der Waals surface area contributed by atoms with E-state index in [1.54, 1.807) is 6.07 Å². The molecule has 0 spiro atoms. The number of nitrogens with zero attached hydrogens (tertiary/aromatic N) is 1. The standard InChI is InChI=1S/C13H12ClN3O/c14-12-6-5-9(18-12)7-15-8-13-16-10-3-1-2-4-11(10)17-13/h1-6,15H,7-8H2,(H,16,17). The van der Waals surface area contributed by atoms with Gasteiger partial charge in [0, 0.05) is 0 Å². The Hall–Kier alpha value is -1.78. The Balaban J connectivity index is 1.62. The maximum absolute atomic E-state index is 5.70. The monoisotopic (exact) mass is 261 g/mol. The number of hydrogen-bond acceptors (Lipinski definition) is 3. The number of aromatic nitrogens is 2. The molecular formula is C13H12ClN3O. The van der Waals surface area contributed by atoms with Crippen molar-refractivity contribution in [3.8, 4) is 0 Å². The minimum Gasteiger partial charge on any atom is -0.448 e. The number of halogens is 1. The molecule has 0 bridgehead atoms. The van der Waals surface area contributed by atoms with Gasteiger partial charge in [0.25, 0.3) is 0 Å². The largest absolute Gasteiger partial charge is 0.448 e. The second-order valence-corrected chi connectivity index (χ2v) is 4.38. The third-order valence-electron chi connectivity index (χ3n) is 2.66. The highest BCUT2D eigenvalue weighted by Gasteiger charge is 2.03. The molecule has 0 saturated carbocycles. The zero-order valence-electron chi connectivity index (χ0n) is 9.61. The van der Waals surface area contributed by atoms with Gasteiger partial charge in [0.2, 0.25) is 0 Å². The van der Waals surface area contributed by atoms with Crippen molar-refractivity contribution in [1.29, 1.82) is 0 Å². The van der Waals surface area contributed by atoms with Gasteiger partial charge in [-0.05, 0) is 35.9 Å². The maximum Gasteiger partial charge on any atom is 0.193 e. The molecule has 0 amide bonds. The third-order valence-corrected chi connectivity index (χ3v) is 2.86. The molecule has 0 atom stereocenters. The number of nitrogens with one attached hydrogen (secondary N) is 2. The fourth-order valence-corrected chi connectivity index (χ4v) is 2.00. The van der Waals surface area contributed by atoms with Gasteiger partial charge in [-0.25, -0.2) is 4.98 Å². The maximum atomic E-state index is 5.70. The lowest BCUT2D eigenvalue weighted by molar-refractivity contribution is 0.482. The van der Waals surface area contributed by atoms with Crippen molar-refractivity contribution in [3.63, 3.8) is 0 Å². The Morgan fingerprint density at radius 2 is 2.06 bits per heavy atom. The predicted molar refractivity (Wildman–Crippen MR) is 70.4 cm³/mol. The van der Waals surface area contributed by atoms with Gasteiger partial charge in [-0.2, -0.15) is 0 Å². The first-order valence-corrected chi connectivity index (χ1v) is 6.07. The molecule has 3 aromatic rings. The third kappa shape index (κ3) is 2.39. The van der Waals surface area contributed by atoms with Gasteiger partial charge in [-0.15, -0.1) is 0 Å². The molecule has 5 heteroatoms. The number of H-pyrrole nitrogens is 1. The van der Waals surface area contributed by atoms with Crippen LogP contribution in [0.4, 0.5) is 0 Å². The zero-order chi connectivity index (χ0) is 12.4. The molecule has 0 saturated heterocycles. The van der Waals surface area contributed by atoms with E-state index in [9.17, 15) is 0 Å². The van der Waals surface area contributed by atoms with Crippen molar-refractivity contribution in [2.24, 2.45) is 0 Å². The lowest BCUT2D eigenvalue weighted by Gasteiger charge is -1.98. The van der Waals surface area contributed by atoms with E-state index in [0.717, 1.165) is 22.6 Å². The lowest BCUT2D eigenvalue weighted by atomic mass is 10.3. The smallest absolute Gasteiger partial charge is 0.193 e. The lowest BCUT2D eigenvalue weighted by Crippen LogP contribution is -2.13. The Kier molecular flexibility index (Phi) is 3.04. The van der Waals surface area contributed by atoms with E-state index < -0.39 is 0 Å². The van der Waals surface area contributed by atoms with Gasteiger partial charge < -0.3 is 14.7 Å². The summed E-state index contributed by atoms with van der Waals surface area (Å²) in [5, 5.41) is 3.66. The molecule has 1 aromatic carbocycles. The first-order valence-electron chi connectivity index (χ1n) is 5.70. The molecule has 0 aliphatic heterocycles. The van der Waals surface area contributed by atoms with E-state index in [1.807, 2.05) is 30.3 Å². The van der Waals surface area contributed by atoms with Crippen LogP contribution in [0.1, 0.15) is 11.6 Å². The van der Waals surface area contributed by atoms with Gasteiger partial charge in [0.1, 0.15) is 11.6 Å². The van der Waals surface area contributed by atoms with Crippen molar-refractivity contribution < 1.29 is 4.42 Å². The predicted octanol–water partition coefficient (Wildman–Crippen LogP) is 3.10. The molecule has 0 fully saturated rings. The van der Waals surface area contributed by atoms with Crippen molar-refractivity contribution >= 4 is 22.6 Å². The first kappa shape index (κ1) is 11.3. The second-order valence-electron chi connectivity index (χ2n) is 4.01. The summed E-state index contributed by atoms with van der Waals surface area (Å²) in [6.07, 6.45) is 0.